The van der Waals surface area contributed by atoms with E-state index in [9.17, 15) is 38.7 Å². The summed E-state index contributed by atoms with van der Waals surface area (Å²) in [5.74, 6) is -7.92. The van der Waals surface area contributed by atoms with Crippen molar-refractivity contribution < 1.29 is 43.5 Å². The van der Waals surface area contributed by atoms with E-state index in [2.05, 4.69) is 0 Å². The van der Waals surface area contributed by atoms with Crippen LogP contribution in [0.2, 0.25) is 5.02 Å². The van der Waals surface area contributed by atoms with Crippen molar-refractivity contribution in [3.63, 3.8) is 0 Å². The van der Waals surface area contributed by atoms with Gasteiger partial charge < -0.3 is 19.9 Å². The van der Waals surface area contributed by atoms with E-state index in [1.165, 1.54) is 55.6 Å². The first-order chi connectivity index (χ1) is 22.7. The molecule has 6 atom stereocenters. The van der Waals surface area contributed by atoms with Gasteiger partial charge in [-0.05, 0) is 78.3 Å². The third kappa shape index (κ3) is 4.39. The van der Waals surface area contributed by atoms with Crippen molar-refractivity contribution in [1.82, 2.24) is 0 Å². The lowest BCUT2D eigenvalue weighted by atomic mass is 9.56. The summed E-state index contributed by atoms with van der Waals surface area (Å²) in [5, 5.41) is 29.8. The number of phenolic OH excluding ortho intramolecular Hbond substituents is 1. The van der Waals surface area contributed by atoms with Crippen LogP contribution in [0.1, 0.15) is 24.3 Å². The van der Waals surface area contributed by atoms with Gasteiger partial charge in [0.05, 0.1) is 35.3 Å². The van der Waals surface area contributed by atoms with Gasteiger partial charge in [0.15, 0.2) is 21.2 Å². The molecule has 7 rings (SSSR count). The van der Waals surface area contributed by atoms with Crippen LogP contribution in [0.5, 0.6) is 11.5 Å². The zero-order valence-electron chi connectivity index (χ0n) is 24.9. The maximum absolute atomic E-state index is 14.5. The summed E-state index contributed by atoms with van der Waals surface area (Å²) in [5.41, 5.74) is 0.955. The number of ether oxygens (including phenoxy) is 1. The first-order valence-electron chi connectivity index (χ1n) is 14.9. The number of hydrogen-bond donors (Lipinski definition) is 3. The fraction of sp³-hybridized carbons (Fsp3) is 0.273. The molecule has 10 nitrogen and oxygen atoms in total. The van der Waals surface area contributed by atoms with Crippen molar-refractivity contribution in [2.45, 2.75) is 28.5 Å². The van der Waals surface area contributed by atoms with Gasteiger partial charge in [-0.15, -0.1) is 23.2 Å². The van der Waals surface area contributed by atoms with Gasteiger partial charge in [0, 0.05) is 5.92 Å². The molecule has 48 heavy (non-hydrogen) atoms. The van der Waals surface area contributed by atoms with Gasteiger partial charge in [-0.2, -0.15) is 0 Å². The van der Waals surface area contributed by atoms with Gasteiger partial charge in [0.1, 0.15) is 5.82 Å². The van der Waals surface area contributed by atoms with Gasteiger partial charge >= 0.3 is 7.12 Å². The molecule has 1 saturated carbocycles. The van der Waals surface area contributed by atoms with Crippen LogP contribution in [-0.2, 0) is 19.2 Å². The first kappa shape index (κ1) is 32.6. The average molecular weight is 714 g/mol. The molecule has 3 N–H and O–H groups in total. The molecule has 3 fully saturated rings. The number of carbonyl (C=O) groups is 4. The number of halogens is 4. The highest BCUT2D eigenvalue weighted by atomic mass is 35.5. The van der Waals surface area contributed by atoms with E-state index >= 15 is 0 Å². The number of benzene rings is 3. The SMILES string of the molecule is COc1cc([C@H]2C3=CC[C@@H]4C(=O)N(c5cccc(B(O)O)c5)C(=O)[C@@H]4[C@@H]3C[C@@]3(Cl)C(=O)N(c4ccc(F)cc4)C(=O)[C@@]23Cl)cc(Cl)c1O. The van der Waals surface area contributed by atoms with Gasteiger partial charge in [-0.1, -0.05) is 35.4 Å². The minimum absolute atomic E-state index is 0.0278. The Hall–Kier alpha value is -3.94. The van der Waals surface area contributed by atoms with Crippen molar-refractivity contribution in [3.05, 3.63) is 88.7 Å². The van der Waals surface area contributed by atoms with E-state index in [0.717, 1.165) is 21.9 Å². The molecule has 2 saturated heterocycles. The Kier molecular flexibility index (Phi) is 7.69. The molecule has 0 spiro atoms. The summed E-state index contributed by atoms with van der Waals surface area (Å²) in [6.07, 6.45) is 1.49. The highest BCUT2D eigenvalue weighted by Crippen LogP contribution is 2.66. The molecule has 3 aromatic carbocycles. The van der Waals surface area contributed by atoms with Crippen LogP contribution >= 0.6 is 34.8 Å². The highest BCUT2D eigenvalue weighted by Gasteiger charge is 2.76. The van der Waals surface area contributed by atoms with Crippen LogP contribution in [0.25, 0.3) is 0 Å². The smallest absolute Gasteiger partial charge is 0.488 e. The number of anilines is 2. The summed E-state index contributed by atoms with van der Waals surface area (Å²) in [7, 11) is -0.543. The zero-order chi connectivity index (χ0) is 34.4. The summed E-state index contributed by atoms with van der Waals surface area (Å²) >= 11 is 21.1. The van der Waals surface area contributed by atoms with Gasteiger partial charge in [0.2, 0.25) is 11.8 Å². The van der Waals surface area contributed by atoms with E-state index in [-0.39, 0.29) is 51.8 Å². The molecule has 4 aliphatic rings. The second kappa shape index (κ2) is 11.3. The molecule has 4 amide bonds. The van der Waals surface area contributed by atoms with Crippen molar-refractivity contribution >= 4 is 82.4 Å². The average Bonchev–Trinajstić information content (AvgIpc) is 3.40. The first-order valence-corrected chi connectivity index (χ1v) is 16.0. The van der Waals surface area contributed by atoms with Crippen molar-refractivity contribution in [2.75, 3.05) is 16.9 Å². The minimum Gasteiger partial charge on any atom is -0.503 e. The predicted octanol–water partition coefficient (Wildman–Crippen LogP) is 3.64. The third-order valence-corrected chi connectivity index (χ3v) is 11.6. The number of methoxy groups -OCH3 is 1. The van der Waals surface area contributed by atoms with E-state index in [1.54, 1.807) is 6.08 Å². The number of imide groups is 2. The molecule has 15 heteroatoms. The highest BCUT2D eigenvalue weighted by molar-refractivity contribution is 6.59. The number of hydrogen-bond acceptors (Lipinski definition) is 8. The molecular weight excluding hydrogens is 689 g/mol. The molecule has 2 heterocycles. The fourth-order valence-electron chi connectivity index (χ4n) is 7.77. The summed E-state index contributed by atoms with van der Waals surface area (Å²) in [6.45, 7) is 0. The van der Waals surface area contributed by atoms with Crippen LogP contribution in [0.3, 0.4) is 0 Å². The van der Waals surface area contributed by atoms with Gasteiger partial charge in [-0.3, -0.25) is 24.1 Å². The van der Waals surface area contributed by atoms with Crippen LogP contribution in [0.4, 0.5) is 15.8 Å². The molecule has 3 aromatic rings. The monoisotopic (exact) mass is 712 g/mol. The van der Waals surface area contributed by atoms with Crippen LogP contribution in [0, 0.1) is 23.6 Å². The van der Waals surface area contributed by atoms with Crippen molar-refractivity contribution in [2.24, 2.45) is 17.8 Å². The normalized spacial score (nSPS) is 29.4. The quantitative estimate of drug-likeness (QED) is 0.158. The van der Waals surface area contributed by atoms with E-state index in [4.69, 9.17) is 39.5 Å². The maximum atomic E-state index is 14.5. The maximum Gasteiger partial charge on any atom is 0.488 e. The summed E-state index contributed by atoms with van der Waals surface area (Å²) < 4.78 is 19.2. The number of aromatic hydroxyl groups is 1. The van der Waals surface area contributed by atoms with Gasteiger partial charge in [0.25, 0.3) is 11.8 Å². The Morgan fingerprint density at radius 1 is 0.917 bits per heavy atom. The number of allylic oxidation sites excluding steroid dienone is 2. The second-order valence-corrected chi connectivity index (χ2v) is 13.9. The Bertz CT molecular complexity index is 1960. The molecule has 0 radical (unpaired) electrons. The van der Waals surface area contributed by atoms with E-state index < -0.39 is 70.0 Å². The molecule has 2 aliphatic heterocycles. The fourth-order valence-corrected chi connectivity index (χ4v) is 8.92. The third-order valence-electron chi connectivity index (χ3n) is 9.93. The Balaban J connectivity index is 1.40. The number of carbonyl (C=O) groups excluding carboxylic acids is 4. The number of amides is 4. The van der Waals surface area contributed by atoms with Crippen LogP contribution in [0.15, 0.2) is 72.3 Å². The molecule has 0 aromatic heterocycles. The predicted molar refractivity (Wildman–Crippen MR) is 175 cm³/mol. The van der Waals surface area contributed by atoms with Gasteiger partial charge in [-0.25, -0.2) is 9.29 Å². The van der Waals surface area contributed by atoms with Crippen LogP contribution in [-0.4, -0.2) is 62.8 Å². The second-order valence-electron chi connectivity index (χ2n) is 12.3. The summed E-state index contributed by atoms with van der Waals surface area (Å²) in [6, 6.07) is 13.2. The molecule has 0 unspecified atom stereocenters. The van der Waals surface area contributed by atoms with E-state index in [0.29, 0.717) is 5.57 Å². The summed E-state index contributed by atoms with van der Waals surface area (Å²) in [4.78, 5) is 54.4. The number of phenols is 1. The van der Waals surface area contributed by atoms with E-state index in [1.807, 2.05) is 0 Å². The largest absolute Gasteiger partial charge is 0.503 e. The number of fused-ring (bicyclic) bond motifs is 4. The molecular formula is C33H25BCl3FN2O8. The van der Waals surface area contributed by atoms with Crippen molar-refractivity contribution in [3.8, 4) is 11.5 Å². The topological polar surface area (TPSA) is 145 Å². The number of nitrogens with zero attached hydrogens (tertiary/aromatic N) is 2. The lowest BCUT2D eigenvalue weighted by Crippen LogP contribution is -2.60. The molecule has 0 bridgehead atoms. The standard InChI is InChI=1S/C33H25BCl3FN2O8/c1-48-24-12-15(11-23(35)27(24)41)26-20-9-10-21-25(29(43)39(28(21)42)19-4-2-3-16(13-19)34(46)47)22(20)14-32(36)30(44)40(31(45)33(26,32)37)18-7-5-17(38)6-8-18/h2-9,11-13,21-22,25-26,41,46-47H,10,14H2,1H3/t21-,22+,25-,26-,32+,33-/m0/s1. The lowest BCUT2D eigenvalue weighted by Gasteiger charge is -2.50. The zero-order valence-corrected chi connectivity index (χ0v) is 27.2. The Morgan fingerprint density at radius 3 is 2.29 bits per heavy atom. The number of alkyl halides is 2. The van der Waals surface area contributed by atoms with Crippen molar-refractivity contribution in [1.29, 1.82) is 0 Å². The number of rotatable bonds is 5. The van der Waals surface area contributed by atoms with Crippen LogP contribution < -0.4 is 20.0 Å². The molecule has 2 aliphatic carbocycles. The Labute approximate surface area is 288 Å². The lowest BCUT2D eigenvalue weighted by molar-refractivity contribution is -0.125. The Morgan fingerprint density at radius 2 is 1.62 bits per heavy atom. The minimum atomic E-state index is -2.21. The molecule has 246 valence electrons.